The van der Waals surface area contributed by atoms with E-state index in [0.29, 0.717) is 16.6 Å². The van der Waals surface area contributed by atoms with Gasteiger partial charge >= 0.3 is 0 Å². The molecule has 0 saturated heterocycles. The average Bonchev–Trinajstić information content (AvgIpc) is 2.89. The van der Waals surface area contributed by atoms with Crippen molar-refractivity contribution in [2.24, 2.45) is 5.92 Å². The minimum Gasteiger partial charge on any atom is -0.354 e. The van der Waals surface area contributed by atoms with Crippen molar-refractivity contribution in [2.75, 3.05) is 17.4 Å². The molecule has 0 aliphatic carbocycles. The number of nitrogens with zero attached hydrogens (tertiary/aromatic N) is 2. The zero-order valence-corrected chi connectivity index (χ0v) is 24.7. The Bertz CT molecular complexity index is 1410. The van der Waals surface area contributed by atoms with Crippen molar-refractivity contribution < 1.29 is 18.0 Å². The molecule has 3 aromatic rings. The summed E-state index contributed by atoms with van der Waals surface area (Å²) in [6, 6.07) is 18.7. The van der Waals surface area contributed by atoms with E-state index < -0.39 is 28.5 Å². The highest BCUT2D eigenvalue weighted by atomic mass is 35.5. The van der Waals surface area contributed by atoms with Crippen molar-refractivity contribution in [2.45, 2.75) is 45.2 Å². The van der Waals surface area contributed by atoms with Crippen molar-refractivity contribution in [3.63, 3.8) is 0 Å². The summed E-state index contributed by atoms with van der Waals surface area (Å²) in [7, 11) is -4.20. The van der Waals surface area contributed by atoms with Crippen LogP contribution in [-0.4, -0.2) is 44.3 Å². The molecule has 2 amide bonds. The van der Waals surface area contributed by atoms with Crippen molar-refractivity contribution >= 4 is 50.7 Å². The first-order chi connectivity index (χ1) is 18.4. The molecule has 0 spiro atoms. The first kappa shape index (κ1) is 30.5. The molecule has 1 N–H and O–H groups in total. The molecule has 1 unspecified atom stereocenters. The van der Waals surface area contributed by atoms with Gasteiger partial charge in [0.2, 0.25) is 11.8 Å². The fraction of sp³-hybridized carbons (Fsp3) is 0.310. The van der Waals surface area contributed by atoms with Gasteiger partial charge in [0, 0.05) is 23.1 Å². The number of amides is 2. The third kappa shape index (κ3) is 7.97. The number of nitrogens with one attached hydrogen (secondary N) is 1. The quantitative estimate of drug-likeness (QED) is 0.311. The van der Waals surface area contributed by atoms with Crippen molar-refractivity contribution in [1.29, 1.82) is 0 Å². The van der Waals surface area contributed by atoms with Crippen LogP contribution in [0.2, 0.25) is 10.0 Å². The molecule has 0 heterocycles. The van der Waals surface area contributed by atoms with E-state index >= 15 is 0 Å². The van der Waals surface area contributed by atoms with Crippen LogP contribution < -0.4 is 9.62 Å². The molecule has 3 rings (SSSR count). The van der Waals surface area contributed by atoms with Crippen molar-refractivity contribution in [3.05, 3.63) is 94.0 Å². The summed E-state index contributed by atoms with van der Waals surface area (Å²) in [6.45, 7) is 7.56. The number of halogens is 2. The van der Waals surface area contributed by atoms with Gasteiger partial charge in [0.25, 0.3) is 10.0 Å². The summed E-state index contributed by atoms with van der Waals surface area (Å²) in [5.74, 6) is -0.632. The molecule has 0 bridgehead atoms. The number of sulfonamides is 1. The maximum atomic E-state index is 13.9. The fourth-order valence-electron chi connectivity index (χ4n) is 3.90. The summed E-state index contributed by atoms with van der Waals surface area (Å²) in [4.78, 5) is 28.4. The molecule has 0 saturated carbocycles. The maximum Gasteiger partial charge on any atom is 0.264 e. The molecule has 1 atom stereocenters. The van der Waals surface area contributed by atoms with E-state index in [2.05, 4.69) is 5.32 Å². The number of aryl methyl sites for hydroxylation is 1. The van der Waals surface area contributed by atoms with Crippen LogP contribution in [0.5, 0.6) is 0 Å². The summed E-state index contributed by atoms with van der Waals surface area (Å²) >= 11 is 12.2. The van der Waals surface area contributed by atoms with Gasteiger partial charge in [-0.2, -0.15) is 0 Å². The van der Waals surface area contributed by atoms with Gasteiger partial charge in [0.05, 0.1) is 10.6 Å². The number of benzene rings is 3. The van der Waals surface area contributed by atoms with Gasteiger partial charge in [-0.15, -0.1) is 0 Å². The van der Waals surface area contributed by atoms with Gasteiger partial charge in [-0.05, 0) is 73.4 Å². The second-order valence-electron chi connectivity index (χ2n) is 9.71. The number of carbonyl (C=O) groups excluding carboxylic acids is 2. The largest absolute Gasteiger partial charge is 0.354 e. The highest BCUT2D eigenvalue weighted by Crippen LogP contribution is 2.27. The first-order valence-corrected chi connectivity index (χ1v) is 14.7. The number of hydrogen-bond donors (Lipinski definition) is 1. The molecule has 0 fully saturated rings. The number of carbonyl (C=O) groups is 2. The van der Waals surface area contributed by atoms with E-state index in [-0.39, 0.29) is 29.0 Å². The fourth-order valence-corrected chi connectivity index (χ4v) is 5.62. The van der Waals surface area contributed by atoms with Crippen LogP contribution in [0.3, 0.4) is 0 Å². The SMILES string of the molecule is Cc1ccccc1CN(C(=O)CN(c1cccc(Cl)c1)S(=O)(=O)c1ccc(Cl)cc1)C(C)C(=O)NCC(C)C. The molecule has 7 nitrogen and oxygen atoms in total. The molecular formula is C29H33Cl2N3O4S. The van der Waals surface area contributed by atoms with Gasteiger partial charge < -0.3 is 10.2 Å². The van der Waals surface area contributed by atoms with Gasteiger partial charge in [-0.3, -0.25) is 13.9 Å². The monoisotopic (exact) mass is 589 g/mol. The van der Waals surface area contributed by atoms with Gasteiger partial charge in [-0.25, -0.2) is 8.42 Å². The van der Waals surface area contributed by atoms with Crippen LogP contribution in [0.15, 0.2) is 77.7 Å². The number of anilines is 1. The Morgan fingerprint density at radius 3 is 2.18 bits per heavy atom. The maximum absolute atomic E-state index is 13.9. The summed E-state index contributed by atoms with van der Waals surface area (Å²) in [5.41, 5.74) is 2.02. The third-order valence-electron chi connectivity index (χ3n) is 6.23. The lowest BCUT2D eigenvalue weighted by Crippen LogP contribution is -2.51. The molecule has 0 aliphatic heterocycles. The Kier molecular flexibility index (Phi) is 10.4. The molecule has 3 aromatic carbocycles. The molecule has 0 radical (unpaired) electrons. The Morgan fingerprint density at radius 1 is 0.897 bits per heavy atom. The van der Waals surface area contributed by atoms with Gasteiger partial charge in [-0.1, -0.05) is 67.4 Å². The third-order valence-corrected chi connectivity index (χ3v) is 8.51. The second kappa shape index (κ2) is 13.3. The van der Waals surface area contributed by atoms with Crippen LogP contribution in [0, 0.1) is 12.8 Å². The second-order valence-corrected chi connectivity index (χ2v) is 12.4. The highest BCUT2D eigenvalue weighted by molar-refractivity contribution is 7.92. The van der Waals surface area contributed by atoms with E-state index in [4.69, 9.17) is 23.2 Å². The molecule has 0 aliphatic rings. The van der Waals surface area contributed by atoms with E-state index in [1.54, 1.807) is 25.1 Å². The van der Waals surface area contributed by atoms with Crippen LogP contribution in [-0.2, 0) is 26.2 Å². The Hall–Kier alpha value is -3.07. The minimum atomic E-state index is -4.20. The molecule has 39 heavy (non-hydrogen) atoms. The Balaban J connectivity index is 2.02. The van der Waals surface area contributed by atoms with Gasteiger partial charge in [0.1, 0.15) is 12.6 Å². The van der Waals surface area contributed by atoms with E-state index in [1.165, 1.54) is 35.2 Å². The number of rotatable bonds is 11. The van der Waals surface area contributed by atoms with Gasteiger partial charge in [0.15, 0.2) is 0 Å². The van der Waals surface area contributed by atoms with Crippen molar-refractivity contribution in [1.82, 2.24) is 10.2 Å². The van der Waals surface area contributed by atoms with Crippen LogP contribution in [0.25, 0.3) is 0 Å². The van der Waals surface area contributed by atoms with Crippen LogP contribution >= 0.6 is 23.2 Å². The van der Waals surface area contributed by atoms with Crippen LogP contribution in [0.4, 0.5) is 5.69 Å². The standard InChI is InChI=1S/C29H33Cl2N3O4S/c1-20(2)17-32-29(36)22(4)33(18-23-9-6-5-8-21(23)3)28(35)19-34(26-11-7-10-25(31)16-26)39(37,38)27-14-12-24(30)13-15-27/h5-16,20,22H,17-19H2,1-4H3,(H,32,36). The smallest absolute Gasteiger partial charge is 0.264 e. The molecule has 10 heteroatoms. The lowest BCUT2D eigenvalue weighted by atomic mass is 10.1. The molecule has 208 valence electrons. The van der Waals surface area contributed by atoms with E-state index in [0.717, 1.165) is 15.4 Å². The zero-order valence-electron chi connectivity index (χ0n) is 22.4. The zero-order chi connectivity index (χ0) is 28.7. The lowest BCUT2D eigenvalue weighted by Gasteiger charge is -2.32. The predicted molar refractivity (Wildman–Crippen MR) is 156 cm³/mol. The Morgan fingerprint density at radius 2 is 1.56 bits per heavy atom. The lowest BCUT2D eigenvalue weighted by molar-refractivity contribution is -0.139. The van der Waals surface area contributed by atoms with E-state index in [1.807, 2.05) is 45.0 Å². The highest BCUT2D eigenvalue weighted by Gasteiger charge is 2.32. The average molecular weight is 591 g/mol. The number of hydrogen-bond acceptors (Lipinski definition) is 4. The summed E-state index contributed by atoms with van der Waals surface area (Å²) in [6.07, 6.45) is 0. The summed E-state index contributed by atoms with van der Waals surface area (Å²) < 4.78 is 28.6. The molecular weight excluding hydrogens is 557 g/mol. The summed E-state index contributed by atoms with van der Waals surface area (Å²) in [5, 5.41) is 3.57. The molecule has 0 aromatic heterocycles. The topological polar surface area (TPSA) is 86.8 Å². The van der Waals surface area contributed by atoms with Crippen LogP contribution in [0.1, 0.15) is 31.9 Å². The predicted octanol–water partition coefficient (Wildman–Crippen LogP) is 5.69. The Labute approximate surface area is 240 Å². The van der Waals surface area contributed by atoms with E-state index in [9.17, 15) is 18.0 Å². The minimum absolute atomic E-state index is 0.0344. The normalized spacial score (nSPS) is 12.2. The first-order valence-electron chi connectivity index (χ1n) is 12.6. The van der Waals surface area contributed by atoms with Crippen molar-refractivity contribution in [3.8, 4) is 0 Å².